The SMILES string of the molecule is CCc1ccc(NC(N)=NCCc2cccc(C(=O)N(C)C)c2)cc1. The van der Waals surface area contributed by atoms with Crippen LogP contribution in [0.1, 0.15) is 28.4 Å². The highest BCUT2D eigenvalue weighted by Gasteiger charge is 2.07. The highest BCUT2D eigenvalue weighted by Crippen LogP contribution is 2.10. The number of amides is 1. The molecule has 3 N–H and O–H groups in total. The van der Waals surface area contributed by atoms with E-state index in [0.717, 1.165) is 24.1 Å². The number of nitrogens with two attached hydrogens (primary N) is 1. The first-order valence-corrected chi connectivity index (χ1v) is 8.46. The van der Waals surface area contributed by atoms with E-state index in [-0.39, 0.29) is 5.91 Å². The number of nitrogens with one attached hydrogen (secondary N) is 1. The van der Waals surface area contributed by atoms with Crippen LogP contribution in [0.4, 0.5) is 5.69 Å². The zero-order valence-corrected chi connectivity index (χ0v) is 15.1. The second-order valence-corrected chi connectivity index (χ2v) is 6.09. The number of carbonyl (C=O) groups is 1. The lowest BCUT2D eigenvalue weighted by atomic mass is 10.1. The molecular formula is C20H26N4O. The summed E-state index contributed by atoms with van der Waals surface area (Å²) in [6.07, 6.45) is 1.74. The average Bonchev–Trinajstić information content (AvgIpc) is 2.62. The molecule has 0 fully saturated rings. The second kappa shape index (κ2) is 8.87. The molecule has 0 heterocycles. The summed E-state index contributed by atoms with van der Waals surface area (Å²) in [4.78, 5) is 17.9. The van der Waals surface area contributed by atoms with Crippen molar-refractivity contribution in [2.75, 3.05) is 26.0 Å². The summed E-state index contributed by atoms with van der Waals surface area (Å²) >= 11 is 0. The van der Waals surface area contributed by atoms with E-state index in [1.54, 1.807) is 19.0 Å². The van der Waals surface area contributed by atoms with E-state index in [9.17, 15) is 4.79 Å². The molecule has 0 aromatic heterocycles. The third-order valence-electron chi connectivity index (χ3n) is 3.90. The van der Waals surface area contributed by atoms with Crippen LogP contribution in [-0.4, -0.2) is 37.4 Å². The summed E-state index contributed by atoms with van der Waals surface area (Å²) in [6, 6.07) is 15.8. The Balaban J connectivity index is 1.91. The Morgan fingerprint density at radius 3 is 2.48 bits per heavy atom. The molecule has 132 valence electrons. The van der Waals surface area contributed by atoms with Gasteiger partial charge in [0.05, 0.1) is 0 Å². The fourth-order valence-corrected chi connectivity index (χ4v) is 2.43. The van der Waals surface area contributed by atoms with Gasteiger partial charge in [0.1, 0.15) is 0 Å². The van der Waals surface area contributed by atoms with Crippen LogP contribution in [0.2, 0.25) is 0 Å². The first-order chi connectivity index (χ1) is 12.0. The standard InChI is InChI=1S/C20H26N4O/c1-4-15-8-10-18(11-9-15)23-20(21)22-13-12-16-6-5-7-17(14-16)19(25)24(2)3/h5-11,14H,4,12-13H2,1-3H3,(H3,21,22,23). The molecule has 0 atom stereocenters. The Kier molecular flexibility index (Phi) is 6.57. The Hall–Kier alpha value is -2.82. The van der Waals surface area contributed by atoms with Crippen molar-refractivity contribution in [3.63, 3.8) is 0 Å². The zero-order chi connectivity index (χ0) is 18.2. The minimum Gasteiger partial charge on any atom is -0.370 e. The number of aliphatic imine (C=N–C) groups is 1. The van der Waals surface area contributed by atoms with Gasteiger partial charge in [0.15, 0.2) is 5.96 Å². The fraction of sp³-hybridized carbons (Fsp3) is 0.300. The number of guanidine groups is 1. The minimum atomic E-state index is 0.00191. The molecule has 0 saturated carbocycles. The van der Waals surface area contributed by atoms with Crippen molar-refractivity contribution < 1.29 is 4.79 Å². The van der Waals surface area contributed by atoms with Crippen molar-refractivity contribution in [3.8, 4) is 0 Å². The lowest BCUT2D eigenvalue weighted by molar-refractivity contribution is 0.0827. The van der Waals surface area contributed by atoms with Crippen LogP contribution >= 0.6 is 0 Å². The minimum absolute atomic E-state index is 0.00191. The Morgan fingerprint density at radius 2 is 1.84 bits per heavy atom. The number of benzene rings is 2. The van der Waals surface area contributed by atoms with Crippen LogP contribution in [0.15, 0.2) is 53.5 Å². The van der Waals surface area contributed by atoms with Gasteiger partial charge < -0.3 is 16.0 Å². The number of hydrogen-bond acceptors (Lipinski definition) is 2. The third kappa shape index (κ3) is 5.64. The van der Waals surface area contributed by atoms with Gasteiger partial charge in [-0.3, -0.25) is 9.79 Å². The van der Waals surface area contributed by atoms with E-state index in [4.69, 9.17) is 5.73 Å². The van der Waals surface area contributed by atoms with Crippen molar-refractivity contribution in [1.29, 1.82) is 0 Å². The quantitative estimate of drug-likeness (QED) is 0.628. The first kappa shape index (κ1) is 18.5. The molecule has 0 radical (unpaired) electrons. The van der Waals surface area contributed by atoms with Crippen LogP contribution in [-0.2, 0) is 12.8 Å². The van der Waals surface area contributed by atoms with E-state index >= 15 is 0 Å². The molecule has 0 bridgehead atoms. The maximum atomic E-state index is 12.0. The first-order valence-electron chi connectivity index (χ1n) is 8.46. The molecule has 0 unspecified atom stereocenters. The maximum absolute atomic E-state index is 12.0. The van der Waals surface area contributed by atoms with E-state index in [1.807, 2.05) is 36.4 Å². The van der Waals surface area contributed by atoms with Gasteiger partial charge in [0.2, 0.25) is 0 Å². The molecule has 25 heavy (non-hydrogen) atoms. The maximum Gasteiger partial charge on any atom is 0.253 e. The third-order valence-corrected chi connectivity index (χ3v) is 3.90. The van der Waals surface area contributed by atoms with Crippen LogP contribution < -0.4 is 11.1 Å². The predicted octanol–water partition coefficient (Wildman–Crippen LogP) is 2.92. The van der Waals surface area contributed by atoms with E-state index in [1.165, 1.54) is 5.56 Å². The van der Waals surface area contributed by atoms with Crippen LogP contribution in [0.25, 0.3) is 0 Å². The van der Waals surface area contributed by atoms with Gasteiger partial charge in [-0.25, -0.2) is 0 Å². The molecule has 2 rings (SSSR count). The summed E-state index contributed by atoms with van der Waals surface area (Å²) < 4.78 is 0. The number of hydrogen-bond donors (Lipinski definition) is 2. The molecular weight excluding hydrogens is 312 g/mol. The molecule has 0 spiro atoms. The van der Waals surface area contributed by atoms with E-state index in [0.29, 0.717) is 18.1 Å². The Labute approximate surface area is 149 Å². The van der Waals surface area contributed by atoms with Crippen molar-refractivity contribution >= 4 is 17.6 Å². The summed E-state index contributed by atoms with van der Waals surface area (Å²) in [5.74, 6) is 0.395. The number of nitrogens with zero attached hydrogens (tertiary/aromatic N) is 2. The topological polar surface area (TPSA) is 70.7 Å². The summed E-state index contributed by atoms with van der Waals surface area (Å²) in [7, 11) is 3.50. The van der Waals surface area contributed by atoms with Crippen LogP contribution in [0.3, 0.4) is 0 Å². The normalized spacial score (nSPS) is 11.2. The molecule has 0 aliphatic rings. The molecule has 1 amide bonds. The Morgan fingerprint density at radius 1 is 1.12 bits per heavy atom. The number of aryl methyl sites for hydroxylation is 1. The number of carbonyl (C=O) groups excluding carboxylic acids is 1. The monoisotopic (exact) mass is 338 g/mol. The van der Waals surface area contributed by atoms with Gasteiger partial charge in [0.25, 0.3) is 5.91 Å². The number of rotatable bonds is 6. The second-order valence-electron chi connectivity index (χ2n) is 6.09. The summed E-state index contributed by atoms with van der Waals surface area (Å²) in [5.41, 5.74) is 9.90. The van der Waals surface area contributed by atoms with E-state index in [2.05, 4.69) is 29.4 Å². The van der Waals surface area contributed by atoms with Gasteiger partial charge in [0, 0.05) is 31.9 Å². The van der Waals surface area contributed by atoms with Gasteiger partial charge >= 0.3 is 0 Å². The van der Waals surface area contributed by atoms with Gasteiger partial charge in [-0.1, -0.05) is 31.2 Å². The molecule has 2 aromatic rings. The molecule has 5 nitrogen and oxygen atoms in total. The molecule has 0 saturated heterocycles. The Bertz CT molecular complexity index is 736. The molecule has 5 heteroatoms. The van der Waals surface area contributed by atoms with Gasteiger partial charge in [-0.05, 0) is 48.2 Å². The van der Waals surface area contributed by atoms with E-state index < -0.39 is 0 Å². The summed E-state index contributed by atoms with van der Waals surface area (Å²) in [5, 5.41) is 3.09. The van der Waals surface area contributed by atoms with Crippen molar-refractivity contribution in [1.82, 2.24) is 4.90 Å². The molecule has 2 aromatic carbocycles. The largest absolute Gasteiger partial charge is 0.370 e. The number of anilines is 1. The fourth-order valence-electron chi connectivity index (χ4n) is 2.43. The van der Waals surface area contributed by atoms with Crippen LogP contribution in [0.5, 0.6) is 0 Å². The average molecular weight is 338 g/mol. The lowest BCUT2D eigenvalue weighted by Crippen LogP contribution is -2.23. The smallest absolute Gasteiger partial charge is 0.253 e. The van der Waals surface area contributed by atoms with Crippen molar-refractivity contribution in [3.05, 3.63) is 65.2 Å². The van der Waals surface area contributed by atoms with Crippen molar-refractivity contribution in [2.24, 2.45) is 10.7 Å². The van der Waals surface area contributed by atoms with Crippen LogP contribution in [0, 0.1) is 0 Å². The summed E-state index contributed by atoms with van der Waals surface area (Å²) in [6.45, 7) is 2.69. The molecule has 0 aliphatic heterocycles. The molecule has 0 aliphatic carbocycles. The van der Waals surface area contributed by atoms with Crippen molar-refractivity contribution in [2.45, 2.75) is 19.8 Å². The predicted molar refractivity (Wildman–Crippen MR) is 104 cm³/mol. The highest BCUT2D eigenvalue weighted by atomic mass is 16.2. The zero-order valence-electron chi connectivity index (χ0n) is 15.1. The van der Waals surface area contributed by atoms with Gasteiger partial charge in [-0.2, -0.15) is 0 Å². The lowest BCUT2D eigenvalue weighted by Gasteiger charge is -2.11. The highest BCUT2D eigenvalue weighted by molar-refractivity contribution is 5.94. The van der Waals surface area contributed by atoms with Gasteiger partial charge in [-0.15, -0.1) is 0 Å².